The lowest BCUT2D eigenvalue weighted by Crippen LogP contribution is -2.05. The predicted molar refractivity (Wildman–Crippen MR) is 54.2 cm³/mol. The molecule has 0 radical (unpaired) electrons. The molecule has 1 nitrogen and oxygen atoms in total. The van der Waals surface area contributed by atoms with E-state index in [1.165, 1.54) is 25.1 Å². The first kappa shape index (κ1) is 12.5. The summed E-state index contributed by atoms with van der Waals surface area (Å²) in [5, 5.41) is 0. The van der Waals surface area contributed by atoms with Crippen LogP contribution in [0, 0.1) is 36.0 Å². The Bertz CT molecular complexity index is 595. The second-order valence-electron chi connectivity index (χ2n) is 3.61. The van der Waals surface area contributed by atoms with Gasteiger partial charge >= 0.3 is 0 Å². The van der Waals surface area contributed by atoms with Crippen molar-refractivity contribution < 1.29 is 22.0 Å². The maximum Gasteiger partial charge on any atom is 0.200 e. The van der Waals surface area contributed by atoms with E-state index in [1.807, 2.05) is 0 Å². The summed E-state index contributed by atoms with van der Waals surface area (Å²) in [7, 11) is 0. The monoisotopic (exact) mass is 259 g/mol. The van der Waals surface area contributed by atoms with Gasteiger partial charge in [-0.3, -0.25) is 4.98 Å². The third-order valence-corrected chi connectivity index (χ3v) is 2.35. The molecule has 0 saturated heterocycles. The van der Waals surface area contributed by atoms with E-state index in [0.29, 0.717) is 5.69 Å². The highest BCUT2D eigenvalue weighted by atomic mass is 19.2. The molecule has 0 atom stereocenters. The van der Waals surface area contributed by atoms with Crippen LogP contribution in [-0.2, 0) is 0 Å². The summed E-state index contributed by atoms with van der Waals surface area (Å²) < 4.78 is 65.8. The van der Waals surface area contributed by atoms with Crippen molar-refractivity contribution in [2.45, 2.75) is 6.92 Å². The molecule has 0 bridgehead atoms. The average Bonchev–Trinajstić information content (AvgIpc) is 2.34. The molecule has 18 heavy (non-hydrogen) atoms. The van der Waals surface area contributed by atoms with Crippen LogP contribution in [0.5, 0.6) is 0 Å². The minimum atomic E-state index is -2.18. The summed E-state index contributed by atoms with van der Waals surface area (Å²) >= 11 is 0. The highest BCUT2D eigenvalue weighted by Crippen LogP contribution is 2.30. The fraction of sp³-hybridized carbons (Fsp3) is 0.0833. The van der Waals surface area contributed by atoms with Crippen molar-refractivity contribution in [3.63, 3.8) is 0 Å². The molecular formula is C12H6F5N. The number of pyridine rings is 1. The number of nitrogens with zero attached hydrogens (tertiary/aromatic N) is 1. The van der Waals surface area contributed by atoms with Crippen LogP contribution in [0.15, 0.2) is 18.2 Å². The van der Waals surface area contributed by atoms with E-state index in [9.17, 15) is 22.0 Å². The van der Waals surface area contributed by atoms with Crippen LogP contribution in [-0.4, -0.2) is 4.98 Å². The Morgan fingerprint density at radius 1 is 0.778 bits per heavy atom. The molecule has 2 rings (SSSR count). The predicted octanol–water partition coefficient (Wildman–Crippen LogP) is 3.75. The van der Waals surface area contributed by atoms with Crippen LogP contribution in [0.3, 0.4) is 0 Å². The topological polar surface area (TPSA) is 12.9 Å². The van der Waals surface area contributed by atoms with E-state index < -0.39 is 34.6 Å². The largest absolute Gasteiger partial charge is 0.253 e. The Morgan fingerprint density at radius 2 is 1.28 bits per heavy atom. The molecule has 0 amide bonds. The van der Waals surface area contributed by atoms with E-state index in [0.717, 1.165) is 0 Å². The summed E-state index contributed by atoms with van der Waals surface area (Å²) in [6.45, 7) is 1.54. The van der Waals surface area contributed by atoms with Crippen LogP contribution in [0.2, 0.25) is 0 Å². The molecule has 0 spiro atoms. The van der Waals surface area contributed by atoms with Crippen LogP contribution < -0.4 is 0 Å². The first-order chi connectivity index (χ1) is 8.43. The minimum Gasteiger partial charge on any atom is -0.253 e. The van der Waals surface area contributed by atoms with Gasteiger partial charge in [0.1, 0.15) is 0 Å². The number of hydrogen-bond acceptors (Lipinski definition) is 1. The zero-order chi connectivity index (χ0) is 13.4. The number of halogens is 5. The van der Waals surface area contributed by atoms with Crippen molar-refractivity contribution in [2.75, 3.05) is 0 Å². The number of rotatable bonds is 1. The quantitative estimate of drug-likeness (QED) is 0.432. The number of hydrogen-bond donors (Lipinski definition) is 0. The molecule has 1 heterocycles. The summed E-state index contributed by atoms with van der Waals surface area (Å²) in [6.07, 6.45) is 0. The molecule has 6 heteroatoms. The molecule has 94 valence electrons. The lowest BCUT2D eigenvalue weighted by atomic mass is 10.1. The second kappa shape index (κ2) is 4.36. The van der Waals surface area contributed by atoms with Crippen molar-refractivity contribution >= 4 is 0 Å². The summed E-state index contributed by atoms with van der Waals surface area (Å²) in [6, 6.07) is 4.12. The number of benzene rings is 1. The first-order valence-corrected chi connectivity index (χ1v) is 4.89. The van der Waals surface area contributed by atoms with Gasteiger partial charge in [-0.1, -0.05) is 6.07 Å². The zero-order valence-electron chi connectivity index (χ0n) is 9.07. The Balaban J connectivity index is 2.80. The molecule has 1 aromatic heterocycles. The highest BCUT2D eigenvalue weighted by Gasteiger charge is 2.27. The molecule has 0 fully saturated rings. The van der Waals surface area contributed by atoms with E-state index in [2.05, 4.69) is 4.98 Å². The van der Waals surface area contributed by atoms with E-state index in [-0.39, 0.29) is 5.69 Å². The van der Waals surface area contributed by atoms with Gasteiger partial charge in [0.05, 0.1) is 11.3 Å². The Labute approximate surface area is 98.9 Å². The average molecular weight is 259 g/mol. The van der Waals surface area contributed by atoms with E-state index >= 15 is 0 Å². The van der Waals surface area contributed by atoms with Crippen LogP contribution in [0.1, 0.15) is 5.69 Å². The molecule has 0 aliphatic rings. The molecular weight excluding hydrogens is 253 g/mol. The standard InChI is InChI=1S/C12H6F5N/c1-5-3-2-4-6(18-5)7-8(13)10(15)12(17)11(16)9(7)14/h2-4H,1H3. The van der Waals surface area contributed by atoms with Gasteiger partial charge in [-0.05, 0) is 19.1 Å². The summed E-state index contributed by atoms with van der Waals surface area (Å²) in [4.78, 5) is 3.74. The minimum absolute atomic E-state index is 0.303. The third kappa shape index (κ3) is 1.83. The maximum atomic E-state index is 13.5. The summed E-state index contributed by atoms with van der Waals surface area (Å²) in [5.74, 6) is -9.91. The van der Waals surface area contributed by atoms with Crippen LogP contribution in [0.4, 0.5) is 22.0 Å². The Morgan fingerprint density at radius 3 is 1.78 bits per heavy atom. The van der Waals surface area contributed by atoms with Crippen molar-refractivity contribution in [1.29, 1.82) is 0 Å². The van der Waals surface area contributed by atoms with Gasteiger partial charge in [-0.25, -0.2) is 22.0 Å². The fourth-order valence-corrected chi connectivity index (χ4v) is 1.51. The fourth-order valence-electron chi connectivity index (χ4n) is 1.51. The third-order valence-electron chi connectivity index (χ3n) is 2.35. The molecule has 0 unspecified atom stereocenters. The van der Waals surface area contributed by atoms with Gasteiger partial charge in [-0.15, -0.1) is 0 Å². The van der Waals surface area contributed by atoms with Gasteiger partial charge in [0.15, 0.2) is 23.3 Å². The molecule has 0 saturated carbocycles. The summed E-state index contributed by atoms with van der Waals surface area (Å²) in [5.41, 5.74) is -0.922. The normalized spacial score (nSPS) is 10.8. The molecule has 2 aromatic rings. The molecule has 1 aromatic carbocycles. The molecule has 0 N–H and O–H groups in total. The van der Waals surface area contributed by atoms with Crippen LogP contribution >= 0.6 is 0 Å². The zero-order valence-corrected chi connectivity index (χ0v) is 9.07. The van der Waals surface area contributed by atoms with Crippen LogP contribution in [0.25, 0.3) is 11.3 Å². The first-order valence-electron chi connectivity index (χ1n) is 4.89. The van der Waals surface area contributed by atoms with Gasteiger partial charge in [0, 0.05) is 5.69 Å². The SMILES string of the molecule is Cc1cccc(-c2c(F)c(F)c(F)c(F)c2F)n1. The van der Waals surface area contributed by atoms with Gasteiger partial charge in [0.25, 0.3) is 0 Å². The van der Waals surface area contributed by atoms with Gasteiger partial charge in [-0.2, -0.15) is 0 Å². The van der Waals surface area contributed by atoms with Gasteiger partial charge in [0.2, 0.25) is 5.82 Å². The Hall–Kier alpha value is -1.98. The van der Waals surface area contributed by atoms with Crippen molar-refractivity contribution in [2.24, 2.45) is 0 Å². The maximum absolute atomic E-state index is 13.5. The van der Waals surface area contributed by atoms with Crippen molar-refractivity contribution in [3.8, 4) is 11.3 Å². The number of aromatic nitrogens is 1. The van der Waals surface area contributed by atoms with E-state index in [4.69, 9.17) is 0 Å². The second-order valence-corrected chi connectivity index (χ2v) is 3.61. The molecule has 0 aliphatic heterocycles. The Kier molecular flexibility index (Phi) is 3.02. The van der Waals surface area contributed by atoms with E-state index in [1.54, 1.807) is 0 Å². The number of aryl methyl sites for hydroxylation is 1. The smallest absolute Gasteiger partial charge is 0.200 e. The highest BCUT2D eigenvalue weighted by molar-refractivity contribution is 5.61. The lowest BCUT2D eigenvalue weighted by Gasteiger charge is -2.08. The lowest BCUT2D eigenvalue weighted by molar-refractivity contribution is 0.381. The van der Waals surface area contributed by atoms with Crippen molar-refractivity contribution in [3.05, 3.63) is 53.0 Å². The van der Waals surface area contributed by atoms with Crippen molar-refractivity contribution in [1.82, 2.24) is 4.98 Å². The molecule has 0 aliphatic carbocycles. The van der Waals surface area contributed by atoms with Gasteiger partial charge < -0.3 is 0 Å².